The van der Waals surface area contributed by atoms with E-state index in [9.17, 15) is 14.7 Å². The van der Waals surface area contributed by atoms with E-state index in [1.807, 2.05) is 0 Å². The van der Waals surface area contributed by atoms with Crippen LogP contribution < -0.4 is 0 Å². The molecule has 1 N–H and O–H groups in total. The summed E-state index contributed by atoms with van der Waals surface area (Å²) in [6.07, 6.45) is 0.612. The standard InChI is InChI=1S/C12H18N2O5/c1-12(2,3)19-11(17)14-6-8(13-7-14)9(15)5-10(16)18-4/h6-7,9,15H,5H2,1-4H3/t9-/m0/s1. The van der Waals surface area contributed by atoms with Gasteiger partial charge in [0, 0.05) is 6.20 Å². The summed E-state index contributed by atoms with van der Waals surface area (Å²) in [5, 5.41) is 9.72. The Morgan fingerprint density at radius 3 is 2.63 bits per heavy atom. The van der Waals surface area contributed by atoms with E-state index >= 15 is 0 Å². The van der Waals surface area contributed by atoms with Crippen molar-refractivity contribution in [2.24, 2.45) is 0 Å². The van der Waals surface area contributed by atoms with Crippen LogP contribution in [0.25, 0.3) is 0 Å². The summed E-state index contributed by atoms with van der Waals surface area (Å²) >= 11 is 0. The zero-order valence-electron chi connectivity index (χ0n) is 11.4. The van der Waals surface area contributed by atoms with Crippen LogP contribution in [0.4, 0.5) is 4.79 Å². The van der Waals surface area contributed by atoms with Gasteiger partial charge in [0.25, 0.3) is 0 Å². The fourth-order valence-corrected chi connectivity index (χ4v) is 1.27. The highest BCUT2D eigenvalue weighted by molar-refractivity contribution is 5.71. The second kappa shape index (κ2) is 5.83. The summed E-state index contributed by atoms with van der Waals surface area (Å²) in [5.41, 5.74) is -0.414. The van der Waals surface area contributed by atoms with Gasteiger partial charge in [-0.2, -0.15) is 0 Å². The van der Waals surface area contributed by atoms with Gasteiger partial charge < -0.3 is 14.6 Å². The van der Waals surface area contributed by atoms with Gasteiger partial charge in [0.05, 0.1) is 19.2 Å². The van der Waals surface area contributed by atoms with Gasteiger partial charge in [0.15, 0.2) is 0 Å². The Morgan fingerprint density at radius 2 is 2.11 bits per heavy atom. The van der Waals surface area contributed by atoms with Gasteiger partial charge in [0.2, 0.25) is 0 Å². The Balaban J connectivity index is 2.71. The number of aliphatic hydroxyl groups is 1. The van der Waals surface area contributed by atoms with Crippen LogP contribution in [-0.4, -0.2) is 39.4 Å². The maximum Gasteiger partial charge on any atom is 0.419 e. The molecule has 1 atom stereocenters. The lowest BCUT2D eigenvalue weighted by Gasteiger charge is -2.19. The molecule has 1 aromatic rings. The minimum atomic E-state index is -1.11. The summed E-state index contributed by atoms with van der Waals surface area (Å²) in [4.78, 5) is 26.6. The molecule has 1 aromatic heterocycles. The van der Waals surface area contributed by atoms with Crippen LogP contribution in [0.5, 0.6) is 0 Å². The maximum atomic E-state index is 11.7. The molecule has 0 saturated heterocycles. The van der Waals surface area contributed by atoms with Crippen molar-refractivity contribution in [2.75, 3.05) is 7.11 Å². The van der Waals surface area contributed by atoms with Crippen LogP contribution >= 0.6 is 0 Å². The van der Waals surface area contributed by atoms with Crippen molar-refractivity contribution in [3.05, 3.63) is 18.2 Å². The predicted molar refractivity (Wildman–Crippen MR) is 65.5 cm³/mol. The van der Waals surface area contributed by atoms with Crippen molar-refractivity contribution in [2.45, 2.75) is 38.9 Å². The van der Waals surface area contributed by atoms with E-state index in [1.165, 1.54) is 19.6 Å². The summed E-state index contributed by atoms with van der Waals surface area (Å²) in [6.45, 7) is 5.23. The van der Waals surface area contributed by atoms with Crippen LogP contribution in [0.1, 0.15) is 39.0 Å². The second-order valence-corrected chi connectivity index (χ2v) is 4.98. The number of rotatable bonds is 3. The van der Waals surface area contributed by atoms with Crippen molar-refractivity contribution in [1.82, 2.24) is 9.55 Å². The van der Waals surface area contributed by atoms with Gasteiger partial charge >= 0.3 is 12.1 Å². The molecule has 106 valence electrons. The number of aliphatic hydroxyl groups excluding tert-OH is 1. The normalized spacial score (nSPS) is 12.9. The minimum absolute atomic E-state index is 0.205. The molecular weight excluding hydrogens is 252 g/mol. The molecule has 1 heterocycles. The zero-order chi connectivity index (χ0) is 14.6. The van der Waals surface area contributed by atoms with E-state index in [1.54, 1.807) is 20.8 Å². The van der Waals surface area contributed by atoms with Crippen molar-refractivity contribution >= 4 is 12.1 Å². The topological polar surface area (TPSA) is 90.7 Å². The van der Waals surface area contributed by atoms with Crippen molar-refractivity contribution in [1.29, 1.82) is 0 Å². The molecule has 7 nitrogen and oxygen atoms in total. The van der Waals surface area contributed by atoms with Gasteiger partial charge in [-0.05, 0) is 20.8 Å². The van der Waals surface area contributed by atoms with Gasteiger partial charge in [-0.1, -0.05) is 0 Å². The number of esters is 1. The van der Waals surface area contributed by atoms with Crippen molar-refractivity contribution in [3.63, 3.8) is 0 Å². The molecule has 0 fully saturated rings. The molecule has 0 saturated carbocycles. The molecule has 0 bridgehead atoms. The smallest absolute Gasteiger partial charge is 0.419 e. The fraction of sp³-hybridized carbons (Fsp3) is 0.583. The van der Waals surface area contributed by atoms with E-state index in [0.717, 1.165) is 4.57 Å². The van der Waals surface area contributed by atoms with Crippen LogP contribution in [0.15, 0.2) is 12.5 Å². The highest BCUT2D eigenvalue weighted by Gasteiger charge is 2.20. The minimum Gasteiger partial charge on any atom is -0.469 e. The number of ether oxygens (including phenoxy) is 2. The summed E-state index contributed by atoms with van der Waals surface area (Å²) in [5.74, 6) is -0.556. The van der Waals surface area contributed by atoms with E-state index < -0.39 is 23.8 Å². The van der Waals surface area contributed by atoms with Crippen LogP contribution in [-0.2, 0) is 14.3 Å². The number of carbonyl (C=O) groups excluding carboxylic acids is 2. The van der Waals surface area contributed by atoms with E-state index in [2.05, 4.69) is 9.72 Å². The molecule has 0 unspecified atom stereocenters. The van der Waals surface area contributed by atoms with E-state index in [4.69, 9.17) is 4.74 Å². The van der Waals surface area contributed by atoms with Crippen molar-refractivity contribution in [3.8, 4) is 0 Å². The summed E-state index contributed by atoms with van der Waals surface area (Å²) < 4.78 is 10.7. The Labute approximate surface area is 111 Å². The lowest BCUT2D eigenvalue weighted by molar-refractivity contribution is -0.142. The third-order valence-electron chi connectivity index (χ3n) is 2.14. The van der Waals surface area contributed by atoms with Gasteiger partial charge in [0.1, 0.15) is 18.0 Å². The maximum absolute atomic E-state index is 11.7. The Hall–Kier alpha value is -1.89. The average Bonchev–Trinajstić information content (AvgIpc) is 2.75. The highest BCUT2D eigenvalue weighted by atomic mass is 16.6. The quantitative estimate of drug-likeness (QED) is 0.831. The number of hydrogen-bond donors (Lipinski definition) is 1. The third kappa shape index (κ3) is 4.70. The predicted octanol–water partition coefficient (Wildman–Crippen LogP) is 1.26. The molecular formula is C12H18N2O5. The molecule has 0 aliphatic heterocycles. The first-order valence-corrected chi connectivity index (χ1v) is 5.75. The molecule has 0 aliphatic carbocycles. The van der Waals surface area contributed by atoms with Crippen LogP contribution in [0.3, 0.4) is 0 Å². The number of hydrogen-bond acceptors (Lipinski definition) is 6. The first-order valence-electron chi connectivity index (χ1n) is 5.75. The molecule has 1 rings (SSSR count). The first-order chi connectivity index (χ1) is 8.73. The monoisotopic (exact) mass is 270 g/mol. The SMILES string of the molecule is COC(=O)C[C@H](O)c1cn(C(=O)OC(C)(C)C)cn1. The number of imidazole rings is 1. The number of carbonyl (C=O) groups is 2. The van der Waals surface area contributed by atoms with E-state index in [0.29, 0.717) is 0 Å². The molecule has 0 radical (unpaired) electrons. The van der Waals surface area contributed by atoms with Crippen molar-refractivity contribution < 1.29 is 24.2 Å². The van der Waals surface area contributed by atoms with E-state index in [-0.39, 0.29) is 12.1 Å². The number of methoxy groups -OCH3 is 1. The largest absolute Gasteiger partial charge is 0.469 e. The highest BCUT2D eigenvalue weighted by Crippen LogP contribution is 2.16. The van der Waals surface area contributed by atoms with Gasteiger partial charge in [-0.25, -0.2) is 14.3 Å². The van der Waals surface area contributed by atoms with Crippen LogP contribution in [0, 0.1) is 0 Å². The molecule has 7 heteroatoms. The lowest BCUT2D eigenvalue weighted by Crippen LogP contribution is -2.26. The zero-order valence-corrected chi connectivity index (χ0v) is 11.4. The lowest BCUT2D eigenvalue weighted by atomic mass is 10.2. The molecule has 0 spiro atoms. The molecule has 0 aliphatic rings. The number of nitrogens with zero attached hydrogens (tertiary/aromatic N) is 2. The molecule has 0 amide bonds. The summed E-state index contributed by atoms with van der Waals surface area (Å²) in [6, 6.07) is 0. The molecule has 19 heavy (non-hydrogen) atoms. The van der Waals surface area contributed by atoms with Gasteiger partial charge in [-0.15, -0.1) is 0 Å². The fourth-order valence-electron chi connectivity index (χ4n) is 1.27. The Morgan fingerprint density at radius 1 is 1.47 bits per heavy atom. The average molecular weight is 270 g/mol. The Kier molecular flexibility index (Phi) is 4.66. The second-order valence-electron chi connectivity index (χ2n) is 4.98. The Bertz CT molecular complexity index is 461. The molecule has 0 aromatic carbocycles. The van der Waals surface area contributed by atoms with Gasteiger partial charge in [-0.3, -0.25) is 4.79 Å². The number of aromatic nitrogens is 2. The first kappa shape index (κ1) is 15.2. The third-order valence-corrected chi connectivity index (χ3v) is 2.14. The summed E-state index contributed by atoms with van der Waals surface area (Å²) in [7, 11) is 1.23. The van der Waals surface area contributed by atoms with Crippen LogP contribution in [0.2, 0.25) is 0 Å².